The van der Waals surface area contributed by atoms with Gasteiger partial charge in [-0.3, -0.25) is 0 Å². The molecule has 1 rings (SSSR count). The van der Waals surface area contributed by atoms with E-state index >= 15 is 0 Å². The van der Waals surface area contributed by atoms with Crippen LogP contribution in [0.5, 0.6) is 0 Å². The normalized spacial score (nSPS) is 20.2. The van der Waals surface area contributed by atoms with Crippen LogP contribution in [0.15, 0.2) is 11.8 Å². The van der Waals surface area contributed by atoms with Gasteiger partial charge in [0.2, 0.25) is 0 Å². The highest BCUT2D eigenvalue weighted by molar-refractivity contribution is 5.08. The summed E-state index contributed by atoms with van der Waals surface area (Å²) >= 11 is 0. The van der Waals surface area contributed by atoms with Gasteiger partial charge >= 0.3 is 0 Å². The minimum Gasteiger partial charge on any atom is -0.501 e. The number of hydrogen-bond acceptors (Lipinski definition) is 2. The molecule has 0 spiro atoms. The first-order chi connectivity index (χ1) is 5.70. The first-order valence-corrected chi connectivity index (χ1v) is 4.76. The van der Waals surface area contributed by atoms with Crippen LogP contribution in [0.3, 0.4) is 0 Å². The van der Waals surface area contributed by atoms with Crippen molar-refractivity contribution in [3.05, 3.63) is 11.8 Å². The van der Waals surface area contributed by atoms with Crippen molar-refractivity contribution in [2.45, 2.75) is 39.2 Å². The molecule has 1 atom stereocenters. The van der Waals surface area contributed by atoms with E-state index in [2.05, 4.69) is 13.8 Å². The molecule has 1 aliphatic rings. The van der Waals surface area contributed by atoms with E-state index in [0.717, 1.165) is 25.9 Å². The fraction of sp³-hybridized carbons (Fsp3) is 0.800. The monoisotopic (exact) mass is 169 g/mol. The number of nitrogens with two attached hydrogens (primary N) is 1. The van der Waals surface area contributed by atoms with Crippen LogP contribution in [0.4, 0.5) is 0 Å². The fourth-order valence-corrected chi connectivity index (χ4v) is 1.52. The molecular formula is C10H19NO. The van der Waals surface area contributed by atoms with Crippen molar-refractivity contribution in [3.63, 3.8) is 0 Å². The molecule has 0 amide bonds. The average Bonchev–Trinajstić information content (AvgIpc) is 2.05. The highest BCUT2D eigenvalue weighted by Gasteiger charge is 2.13. The van der Waals surface area contributed by atoms with Gasteiger partial charge in [0.25, 0.3) is 0 Å². The summed E-state index contributed by atoms with van der Waals surface area (Å²) < 4.78 is 5.24. The molecule has 1 aliphatic heterocycles. The Hall–Kier alpha value is -0.500. The highest BCUT2D eigenvalue weighted by atomic mass is 16.5. The Bertz CT molecular complexity index is 163. The zero-order chi connectivity index (χ0) is 8.97. The van der Waals surface area contributed by atoms with Gasteiger partial charge in [0.05, 0.1) is 12.9 Å². The molecule has 1 unspecified atom stereocenters. The van der Waals surface area contributed by atoms with E-state index in [9.17, 15) is 0 Å². The number of rotatable bonds is 3. The summed E-state index contributed by atoms with van der Waals surface area (Å²) in [5.41, 5.74) is 7.29. The summed E-state index contributed by atoms with van der Waals surface area (Å²) in [6.07, 6.45) is 5.16. The predicted octanol–water partition coefficient (Wildman–Crippen LogP) is 2.05. The smallest absolute Gasteiger partial charge is 0.0876 e. The minimum atomic E-state index is 0.213. The van der Waals surface area contributed by atoms with E-state index < -0.39 is 0 Å². The molecule has 70 valence electrons. The summed E-state index contributed by atoms with van der Waals surface area (Å²) in [5.74, 6) is 0.669. The van der Waals surface area contributed by atoms with E-state index in [1.807, 2.05) is 6.26 Å². The minimum absolute atomic E-state index is 0.213. The third kappa shape index (κ3) is 2.86. The van der Waals surface area contributed by atoms with E-state index in [1.165, 1.54) is 5.57 Å². The molecule has 2 N–H and O–H groups in total. The molecule has 12 heavy (non-hydrogen) atoms. The summed E-state index contributed by atoms with van der Waals surface area (Å²) in [6.45, 7) is 5.26. The molecule has 0 radical (unpaired) electrons. The third-order valence-electron chi connectivity index (χ3n) is 2.16. The molecule has 2 nitrogen and oxygen atoms in total. The average molecular weight is 169 g/mol. The highest BCUT2D eigenvalue weighted by Crippen LogP contribution is 2.18. The van der Waals surface area contributed by atoms with Crippen molar-refractivity contribution in [2.24, 2.45) is 11.7 Å². The van der Waals surface area contributed by atoms with Crippen LogP contribution in [0.2, 0.25) is 0 Å². The van der Waals surface area contributed by atoms with Crippen molar-refractivity contribution in [3.8, 4) is 0 Å². The van der Waals surface area contributed by atoms with Gasteiger partial charge in [-0.25, -0.2) is 0 Å². The van der Waals surface area contributed by atoms with Crippen LogP contribution >= 0.6 is 0 Å². The first kappa shape index (κ1) is 9.59. The van der Waals surface area contributed by atoms with E-state index in [0.29, 0.717) is 5.92 Å². The Morgan fingerprint density at radius 1 is 1.58 bits per heavy atom. The first-order valence-electron chi connectivity index (χ1n) is 4.76. The lowest BCUT2D eigenvalue weighted by molar-refractivity contribution is 0.220. The SMILES string of the molecule is CC(C)CC(N)C1=COCCC1. The summed E-state index contributed by atoms with van der Waals surface area (Å²) in [4.78, 5) is 0. The van der Waals surface area contributed by atoms with Crippen molar-refractivity contribution in [1.29, 1.82) is 0 Å². The van der Waals surface area contributed by atoms with Crippen LogP contribution in [-0.2, 0) is 4.74 Å². The van der Waals surface area contributed by atoms with Crippen LogP contribution in [0.1, 0.15) is 33.1 Å². The largest absolute Gasteiger partial charge is 0.501 e. The molecule has 0 fully saturated rings. The zero-order valence-corrected chi connectivity index (χ0v) is 8.05. The van der Waals surface area contributed by atoms with Crippen LogP contribution < -0.4 is 5.73 Å². The summed E-state index contributed by atoms with van der Waals surface area (Å²) in [6, 6.07) is 0.213. The molecule has 0 saturated carbocycles. The molecule has 0 aromatic carbocycles. The Morgan fingerprint density at radius 2 is 2.33 bits per heavy atom. The van der Waals surface area contributed by atoms with Crippen molar-refractivity contribution in [2.75, 3.05) is 6.61 Å². The second kappa shape index (κ2) is 4.51. The molecular weight excluding hydrogens is 150 g/mol. The maximum absolute atomic E-state index is 6.00. The van der Waals surface area contributed by atoms with E-state index in [1.54, 1.807) is 0 Å². The van der Waals surface area contributed by atoms with E-state index in [4.69, 9.17) is 10.5 Å². The number of hydrogen-bond donors (Lipinski definition) is 1. The molecule has 0 aliphatic carbocycles. The molecule has 0 aromatic heterocycles. The van der Waals surface area contributed by atoms with Crippen LogP contribution in [0, 0.1) is 5.92 Å². The number of ether oxygens (including phenoxy) is 1. The van der Waals surface area contributed by atoms with Gasteiger partial charge in [0.1, 0.15) is 0 Å². The lowest BCUT2D eigenvalue weighted by Gasteiger charge is -2.20. The van der Waals surface area contributed by atoms with Crippen molar-refractivity contribution in [1.82, 2.24) is 0 Å². The molecule has 0 aromatic rings. The van der Waals surface area contributed by atoms with Gasteiger partial charge in [0.15, 0.2) is 0 Å². The topological polar surface area (TPSA) is 35.2 Å². The van der Waals surface area contributed by atoms with Gasteiger partial charge in [-0.2, -0.15) is 0 Å². The summed E-state index contributed by atoms with van der Waals surface area (Å²) in [5, 5.41) is 0. The quantitative estimate of drug-likeness (QED) is 0.701. The molecule has 2 heteroatoms. The Balaban J connectivity index is 2.39. The lowest BCUT2D eigenvalue weighted by atomic mass is 9.95. The molecule has 1 heterocycles. The van der Waals surface area contributed by atoms with Gasteiger partial charge < -0.3 is 10.5 Å². The van der Waals surface area contributed by atoms with Crippen molar-refractivity contribution >= 4 is 0 Å². The summed E-state index contributed by atoms with van der Waals surface area (Å²) in [7, 11) is 0. The second-order valence-corrected chi connectivity index (χ2v) is 3.90. The van der Waals surface area contributed by atoms with Crippen LogP contribution in [-0.4, -0.2) is 12.6 Å². The second-order valence-electron chi connectivity index (χ2n) is 3.90. The zero-order valence-electron chi connectivity index (χ0n) is 8.05. The predicted molar refractivity (Wildman–Crippen MR) is 50.7 cm³/mol. The van der Waals surface area contributed by atoms with Crippen molar-refractivity contribution < 1.29 is 4.74 Å². The standard InChI is InChI=1S/C10H19NO/c1-8(2)6-10(11)9-4-3-5-12-7-9/h7-8,10H,3-6,11H2,1-2H3. The van der Waals surface area contributed by atoms with Crippen LogP contribution in [0.25, 0.3) is 0 Å². The molecule has 0 bridgehead atoms. The lowest BCUT2D eigenvalue weighted by Crippen LogP contribution is -2.26. The van der Waals surface area contributed by atoms with Gasteiger partial charge in [-0.05, 0) is 30.8 Å². The van der Waals surface area contributed by atoms with Gasteiger partial charge in [-0.1, -0.05) is 13.8 Å². The maximum atomic E-state index is 6.00. The van der Waals surface area contributed by atoms with Gasteiger partial charge in [-0.15, -0.1) is 0 Å². The Labute approximate surface area is 74.8 Å². The Kier molecular flexibility index (Phi) is 3.60. The fourth-order valence-electron chi connectivity index (χ4n) is 1.52. The maximum Gasteiger partial charge on any atom is 0.0876 e. The third-order valence-corrected chi connectivity index (χ3v) is 2.16. The van der Waals surface area contributed by atoms with E-state index in [-0.39, 0.29) is 6.04 Å². The Morgan fingerprint density at radius 3 is 2.83 bits per heavy atom. The van der Waals surface area contributed by atoms with Gasteiger partial charge in [0, 0.05) is 6.04 Å². The molecule has 0 saturated heterocycles.